The Hall–Kier alpha value is -3.93. The van der Waals surface area contributed by atoms with Crippen molar-refractivity contribution >= 4 is 46.3 Å². The lowest BCUT2D eigenvalue weighted by Crippen LogP contribution is -2.47. The van der Waals surface area contributed by atoms with Gasteiger partial charge in [0.2, 0.25) is 5.91 Å². The van der Waals surface area contributed by atoms with Gasteiger partial charge in [0.15, 0.2) is 5.15 Å². The van der Waals surface area contributed by atoms with Crippen LogP contribution >= 0.6 is 23.2 Å². The standard InChI is InChI=1S/C26H25Cl2FN6O4/c1-3-4-21(26(38)31-15-6-7-16(25(30)37)19(29)10-15)34-12-22(39-2)18(11-24(34)36)17-9-14(27)5-8-20(17)35-13-23(28)32-33-35/h5-13,21,24,36H,3-4H2,1-2H3,(H2,30,37)(H,31,38)/t21-,24?/m0/s1. The van der Waals surface area contributed by atoms with Crippen LogP contribution in [0.1, 0.15) is 35.7 Å². The summed E-state index contributed by atoms with van der Waals surface area (Å²) in [6, 6.07) is 7.83. The van der Waals surface area contributed by atoms with Crippen molar-refractivity contribution in [3.05, 3.63) is 87.8 Å². The van der Waals surface area contributed by atoms with Crippen LogP contribution in [0.2, 0.25) is 10.2 Å². The molecule has 10 nitrogen and oxygen atoms in total. The van der Waals surface area contributed by atoms with Crippen LogP contribution in [0.4, 0.5) is 10.1 Å². The van der Waals surface area contributed by atoms with Crippen molar-refractivity contribution in [2.45, 2.75) is 32.0 Å². The Balaban J connectivity index is 1.66. The monoisotopic (exact) mass is 574 g/mol. The van der Waals surface area contributed by atoms with Crippen LogP contribution in [0, 0.1) is 5.82 Å². The Bertz CT molecular complexity index is 1470. The largest absolute Gasteiger partial charge is 0.495 e. The fourth-order valence-corrected chi connectivity index (χ4v) is 4.55. The number of primary amides is 1. The lowest BCUT2D eigenvalue weighted by Gasteiger charge is -2.36. The Morgan fingerprint density at radius 1 is 1.26 bits per heavy atom. The Morgan fingerprint density at radius 3 is 2.64 bits per heavy atom. The van der Waals surface area contributed by atoms with Gasteiger partial charge in [0.1, 0.15) is 23.8 Å². The summed E-state index contributed by atoms with van der Waals surface area (Å²) in [6.07, 6.45) is 4.33. The minimum Gasteiger partial charge on any atom is -0.495 e. The van der Waals surface area contributed by atoms with Crippen molar-refractivity contribution in [1.82, 2.24) is 19.9 Å². The number of allylic oxidation sites excluding steroid dienone is 1. The number of carbonyl (C=O) groups excluding carboxylic acids is 2. The minimum atomic E-state index is -1.23. The quantitative estimate of drug-likeness (QED) is 0.349. The lowest BCUT2D eigenvalue weighted by atomic mass is 9.97. The van der Waals surface area contributed by atoms with Crippen molar-refractivity contribution in [3.8, 4) is 5.69 Å². The molecule has 204 valence electrons. The third kappa shape index (κ3) is 6.06. The number of aliphatic hydroxyl groups excluding tert-OH is 1. The van der Waals surface area contributed by atoms with Gasteiger partial charge < -0.3 is 25.8 Å². The molecule has 1 aliphatic heterocycles. The second kappa shape index (κ2) is 11.9. The fourth-order valence-electron chi connectivity index (χ4n) is 4.25. The van der Waals surface area contributed by atoms with Gasteiger partial charge in [0, 0.05) is 28.0 Å². The van der Waals surface area contributed by atoms with E-state index in [0.29, 0.717) is 40.4 Å². The van der Waals surface area contributed by atoms with E-state index in [1.165, 1.54) is 47.3 Å². The molecule has 0 spiro atoms. The number of nitrogens with two attached hydrogens (primary N) is 1. The summed E-state index contributed by atoms with van der Waals surface area (Å²) in [5, 5.41) is 22.3. The van der Waals surface area contributed by atoms with E-state index in [1.54, 1.807) is 18.2 Å². The van der Waals surface area contributed by atoms with Gasteiger partial charge in [-0.3, -0.25) is 9.59 Å². The molecule has 0 saturated heterocycles. The minimum absolute atomic E-state index is 0.136. The van der Waals surface area contributed by atoms with Gasteiger partial charge in [-0.2, -0.15) is 0 Å². The molecule has 2 aromatic carbocycles. The maximum absolute atomic E-state index is 14.2. The fraction of sp³-hybridized carbons (Fsp3) is 0.231. The highest BCUT2D eigenvalue weighted by Gasteiger charge is 2.32. The number of aliphatic hydroxyl groups is 1. The van der Waals surface area contributed by atoms with Crippen LogP contribution < -0.4 is 11.1 Å². The smallest absolute Gasteiger partial charge is 0.251 e. The number of benzene rings is 2. The van der Waals surface area contributed by atoms with Gasteiger partial charge in [-0.1, -0.05) is 41.8 Å². The van der Waals surface area contributed by atoms with Gasteiger partial charge in [-0.15, -0.1) is 5.10 Å². The summed E-state index contributed by atoms with van der Waals surface area (Å²) >= 11 is 12.3. The molecule has 0 radical (unpaired) electrons. The summed E-state index contributed by atoms with van der Waals surface area (Å²) in [5.74, 6) is -1.92. The van der Waals surface area contributed by atoms with Crippen molar-refractivity contribution < 1.29 is 23.8 Å². The maximum atomic E-state index is 14.2. The molecular weight excluding hydrogens is 550 g/mol. The van der Waals surface area contributed by atoms with Gasteiger partial charge in [0.05, 0.1) is 24.6 Å². The van der Waals surface area contributed by atoms with Crippen LogP contribution in [0.25, 0.3) is 11.3 Å². The van der Waals surface area contributed by atoms with Crippen molar-refractivity contribution in [2.75, 3.05) is 12.4 Å². The molecule has 0 bridgehead atoms. The summed E-state index contributed by atoms with van der Waals surface area (Å²) in [7, 11) is 1.46. The lowest BCUT2D eigenvalue weighted by molar-refractivity contribution is -0.123. The molecule has 1 aliphatic rings. The highest BCUT2D eigenvalue weighted by Crippen LogP contribution is 2.35. The highest BCUT2D eigenvalue weighted by atomic mass is 35.5. The summed E-state index contributed by atoms with van der Waals surface area (Å²) in [4.78, 5) is 26.1. The SMILES string of the molecule is CCC[C@@H](C(=O)Nc1ccc(C(N)=O)c(F)c1)N1C=C(OC)C(c2cc(Cl)ccc2-n2cc(Cl)nn2)=CC1O. The average Bonchev–Trinajstić information content (AvgIpc) is 3.33. The Labute approximate surface area is 233 Å². The number of carbonyl (C=O) groups is 2. The molecule has 2 amide bonds. The average molecular weight is 575 g/mol. The van der Waals surface area contributed by atoms with E-state index in [2.05, 4.69) is 15.6 Å². The number of amides is 2. The van der Waals surface area contributed by atoms with Crippen LogP contribution in [0.5, 0.6) is 0 Å². The van der Waals surface area contributed by atoms with Crippen LogP contribution in [-0.4, -0.2) is 56.2 Å². The normalized spacial score (nSPS) is 15.8. The van der Waals surface area contributed by atoms with E-state index in [0.717, 1.165) is 6.07 Å². The van der Waals surface area contributed by atoms with Crippen LogP contribution in [0.15, 0.2) is 60.6 Å². The number of methoxy groups -OCH3 is 1. The van der Waals surface area contributed by atoms with Gasteiger partial charge in [0.25, 0.3) is 5.91 Å². The second-order valence-electron chi connectivity index (χ2n) is 8.64. The third-order valence-corrected chi connectivity index (χ3v) is 6.47. The second-order valence-corrected chi connectivity index (χ2v) is 9.46. The van der Waals surface area contributed by atoms with E-state index >= 15 is 0 Å². The molecule has 2 heterocycles. The Morgan fingerprint density at radius 2 is 2.03 bits per heavy atom. The van der Waals surface area contributed by atoms with E-state index in [-0.39, 0.29) is 16.4 Å². The molecule has 4 rings (SSSR count). The molecule has 4 N–H and O–H groups in total. The number of nitrogens with one attached hydrogen (secondary N) is 1. The summed E-state index contributed by atoms with van der Waals surface area (Å²) in [5.41, 5.74) is 6.67. The molecule has 0 saturated carbocycles. The number of hydrogen-bond donors (Lipinski definition) is 3. The van der Waals surface area contributed by atoms with Crippen molar-refractivity contribution in [1.29, 1.82) is 0 Å². The van der Waals surface area contributed by atoms with Crippen LogP contribution in [-0.2, 0) is 9.53 Å². The number of nitrogens with zero attached hydrogens (tertiary/aromatic N) is 4. The molecule has 1 unspecified atom stereocenters. The maximum Gasteiger partial charge on any atom is 0.251 e. The van der Waals surface area contributed by atoms with E-state index in [9.17, 15) is 19.1 Å². The first-order chi connectivity index (χ1) is 18.6. The number of ether oxygens (including phenoxy) is 1. The zero-order valence-electron chi connectivity index (χ0n) is 20.9. The molecule has 0 aliphatic carbocycles. The number of halogens is 3. The Kier molecular flexibility index (Phi) is 8.54. The summed E-state index contributed by atoms with van der Waals surface area (Å²) in [6.45, 7) is 1.89. The number of hydrogen-bond acceptors (Lipinski definition) is 7. The summed E-state index contributed by atoms with van der Waals surface area (Å²) < 4.78 is 21.4. The molecular formula is C26H25Cl2FN6O4. The van der Waals surface area contributed by atoms with E-state index in [1.807, 2.05) is 6.92 Å². The molecule has 3 aromatic rings. The predicted molar refractivity (Wildman–Crippen MR) is 145 cm³/mol. The zero-order chi connectivity index (χ0) is 28.3. The first-order valence-electron chi connectivity index (χ1n) is 11.8. The highest BCUT2D eigenvalue weighted by molar-refractivity contribution is 6.31. The van der Waals surface area contributed by atoms with E-state index in [4.69, 9.17) is 33.7 Å². The topological polar surface area (TPSA) is 136 Å². The zero-order valence-corrected chi connectivity index (χ0v) is 22.4. The van der Waals surface area contributed by atoms with Gasteiger partial charge in [-0.05, 0) is 48.9 Å². The molecule has 13 heteroatoms. The van der Waals surface area contributed by atoms with Gasteiger partial charge in [-0.25, -0.2) is 9.07 Å². The molecule has 0 fully saturated rings. The molecule has 39 heavy (non-hydrogen) atoms. The molecule has 2 atom stereocenters. The first kappa shape index (κ1) is 28.1. The van der Waals surface area contributed by atoms with Crippen molar-refractivity contribution in [3.63, 3.8) is 0 Å². The van der Waals surface area contributed by atoms with Crippen molar-refractivity contribution in [2.24, 2.45) is 5.73 Å². The number of rotatable bonds is 9. The third-order valence-electron chi connectivity index (χ3n) is 6.06. The number of aromatic nitrogens is 3. The van der Waals surface area contributed by atoms with Crippen LogP contribution in [0.3, 0.4) is 0 Å². The van der Waals surface area contributed by atoms with E-state index < -0.39 is 29.9 Å². The first-order valence-corrected chi connectivity index (χ1v) is 12.6. The number of anilines is 1. The predicted octanol–water partition coefficient (Wildman–Crippen LogP) is 4.12. The molecule has 1 aromatic heterocycles. The van der Waals surface area contributed by atoms with Gasteiger partial charge >= 0.3 is 0 Å².